The van der Waals surface area contributed by atoms with Gasteiger partial charge in [0, 0.05) is 36.1 Å². The van der Waals surface area contributed by atoms with Crippen LogP contribution in [0.4, 0.5) is 18.9 Å². The van der Waals surface area contributed by atoms with Crippen LogP contribution in [-0.4, -0.2) is 32.9 Å². The van der Waals surface area contributed by atoms with Crippen LogP contribution in [0.15, 0.2) is 90.0 Å². The molecule has 5 rings (SSSR count). The van der Waals surface area contributed by atoms with E-state index in [0.717, 1.165) is 23.1 Å². The minimum atomic E-state index is -4.64. The predicted octanol–water partition coefficient (Wildman–Crippen LogP) is 6.64. The van der Waals surface area contributed by atoms with Gasteiger partial charge in [-0.1, -0.05) is 18.5 Å². The summed E-state index contributed by atoms with van der Waals surface area (Å²) in [6.07, 6.45) is -0.990. The van der Waals surface area contributed by atoms with Crippen LogP contribution in [0.1, 0.15) is 39.8 Å². The third kappa shape index (κ3) is 6.55. The number of ether oxygens (including phenoxy) is 1. The van der Waals surface area contributed by atoms with E-state index in [9.17, 15) is 27.6 Å². The largest absolute Gasteiger partial charge is 0.457 e. The first-order valence-electron chi connectivity index (χ1n) is 13.3. The summed E-state index contributed by atoms with van der Waals surface area (Å²) in [4.78, 5) is 47.3. The molecule has 0 saturated carbocycles. The maximum atomic E-state index is 13.6. The Morgan fingerprint density at radius 1 is 0.932 bits per heavy atom. The van der Waals surface area contributed by atoms with Gasteiger partial charge in [-0.2, -0.15) is 13.2 Å². The number of carbonyl (C=O) groups is 2. The fourth-order valence-corrected chi connectivity index (χ4v) is 4.53. The maximum Gasteiger partial charge on any atom is 0.416 e. The van der Waals surface area contributed by atoms with Crippen LogP contribution in [-0.2, 0) is 6.18 Å². The molecule has 2 aromatic carbocycles. The smallest absolute Gasteiger partial charge is 0.416 e. The molecule has 0 atom stereocenters. The highest BCUT2D eigenvalue weighted by Crippen LogP contribution is 2.33. The lowest BCUT2D eigenvalue weighted by Gasteiger charge is -2.15. The van der Waals surface area contributed by atoms with Crippen molar-refractivity contribution in [3.05, 3.63) is 117 Å². The van der Waals surface area contributed by atoms with E-state index in [1.54, 1.807) is 42.5 Å². The first kappa shape index (κ1) is 30.2. The summed E-state index contributed by atoms with van der Waals surface area (Å²) in [5.41, 5.74) is -1.51. The summed E-state index contributed by atoms with van der Waals surface area (Å²) in [5, 5.41) is 5.43. The second-order valence-electron chi connectivity index (χ2n) is 9.49. The van der Waals surface area contributed by atoms with Crippen LogP contribution in [0.2, 0.25) is 5.02 Å². The molecule has 0 bridgehead atoms. The molecule has 0 aliphatic heterocycles. The molecule has 5 aromatic rings. The van der Waals surface area contributed by atoms with Crippen LogP contribution in [0.3, 0.4) is 0 Å². The van der Waals surface area contributed by atoms with Crippen LogP contribution >= 0.6 is 11.6 Å². The third-order valence-corrected chi connectivity index (χ3v) is 6.67. The van der Waals surface area contributed by atoms with Gasteiger partial charge in [-0.3, -0.25) is 23.9 Å². The first-order valence-corrected chi connectivity index (χ1v) is 13.6. The van der Waals surface area contributed by atoms with Crippen molar-refractivity contribution in [1.82, 2.24) is 19.9 Å². The number of carbonyl (C=O) groups excluding carboxylic acids is 2. The summed E-state index contributed by atoms with van der Waals surface area (Å²) < 4.78 is 46.5. The Balaban J connectivity index is 1.39. The molecule has 0 fully saturated rings. The number of nitrogens with zero attached hydrogens (tertiary/aromatic N) is 3. The van der Waals surface area contributed by atoms with Crippen molar-refractivity contribution >= 4 is 40.1 Å². The quantitative estimate of drug-likeness (QED) is 0.201. The highest BCUT2D eigenvalue weighted by atomic mass is 35.5. The van der Waals surface area contributed by atoms with Crippen molar-refractivity contribution in [3.63, 3.8) is 0 Å². The number of pyridine rings is 3. The third-order valence-electron chi connectivity index (χ3n) is 6.37. The summed E-state index contributed by atoms with van der Waals surface area (Å²) >= 11 is 6.20. The summed E-state index contributed by atoms with van der Waals surface area (Å²) in [7, 11) is 0. The molecule has 3 heterocycles. The van der Waals surface area contributed by atoms with Crippen molar-refractivity contribution in [3.8, 4) is 17.2 Å². The number of amides is 2. The summed E-state index contributed by atoms with van der Waals surface area (Å²) in [5.74, 6) is -0.293. The van der Waals surface area contributed by atoms with Crippen molar-refractivity contribution in [1.29, 1.82) is 0 Å². The monoisotopic (exact) mass is 621 g/mol. The Kier molecular flexibility index (Phi) is 8.63. The number of aromatic nitrogens is 3. The summed E-state index contributed by atoms with van der Waals surface area (Å²) in [6.45, 7) is 2.46. The molecule has 44 heavy (non-hydrogen) atoms. The first-order chi connectivity index (χ1) is 21.0. The molecule has 224 valence electrons. The van der Waals surface area contributed by atoms with E-state index in [0.29, 0.717) is 35.2 Å². The van der Waals surface area contributed by atoms with Gasteiger partial charge >= 0.3 is 6.18 Å². The number of alkyl halides is 3. The molecular formula is C31H23ClF3N5O4. The van der Waals surface area contributed by atoms with Gasteiger partial charge in [-0.05, 0) is 73.2 Å². The van der Waals surface area contributed by atoms with Gasteiger partial charge in [0.15, 0.2) is 0 Å². The minimum absolute atomic E-state index is 0.0633. The van der Waals surface area contributed by atoms with E-state index < -0.39 is 23.2 Å². The van der Waals surface area contributed by atoms with E-state index in [2.05, 4.69) is 20.6 Å². The molecule has 0 spiro atoms. The van der Waals surface area contributed by atoms with E-state index in [-0.39, 0.29) is 33.5 Å². The Morgan fingerprint density at radius 2 is 1.70 bits per heavy atom. The van der Waals surface area contributed by atoms with E-state index in [1.165, 1.54) is 24.5 Å². The normalized spacial score (nSPS) is 11.3. The fourth-order valence-electron chi connectivity index (χ4n) is 4.26. The predicted molar refractivity (Wildman–Crippen MR) is 159 cm³/mol. The average molecular weight is 622 g/mol. The standard InChI is InChI=1S/C31H23ClF3N5O4/c1-2-12-38-29(42)25-17-22(11-14-36-25)44-21-8-6-20(7-9-21)39-28(41)23-15-18-4-3-13-37-27(18)40(30(23)43)26-10-5-19(16-24(26)32)31(33,34)35/h3-11,13-17H,2,12H2,1H3,(H,38,42)(H,39,41). The molecule has 0 unspecified atom stereocenters. The van der Waals surface area contributed by atoms with Gasteiger partial charge in [0.05, 0.1) is 16.3 Å². The van der Waals surface area contributed by atoms with Crippen molar-refractivity contribution < 1.29 is 27.5 Å². The molecule has 9 nitrogen and oxygen atoms in total. The lowest BCUT2D eigenvalue weighted by Crippen LogP contribution is -2.29. The number of benzene rings is 2. The zero-order valence-electron chi connectivity index (χ0n) is 23.0. The number of anilines is 1. The number of fused-ring (bicyclic) bond motifs is 1. The SMILES string of the molecule is CCCNC(=O)c1cc(Oc2ccc(NC(=O)c3cc4cccnc4n(-c4ccc(C(F)(F)F)cc4Cl)c3=O)cc2)ccn1. The van der Waals surface area contributed by atoms with Crippen molar-refractivity contribution in [2.24, 2.45) is 0 Å². The molecule has 0 radical (unpaired) electrons. The number of rotatable bonds is 8. The van der Waals surface area contributed by atoms with Gasteiger partial charge in [-0.15, -0.1) is 0 Å². The number of halogens is 4. The Bertz CT molecular complexity index is 1930. The number of nitrogens with one attached hydrogen (secondary N) is 2. The number of hydrogen-bond donors (Lipinski definition) is 2. The molecule has 0 saturated heterocycles. The highest BCUT2D eigenvalue weighted by Gasteiger charge is 2.31. The van der Waals surface area contributed by atoms with Gasteiger partial charge in [0.1, 0.15) is 28.4 Å². The van der Waals surface area contributed by atoms with Crippen molar-refractivity contribution in [2.45, 2.75) is 19.5 Å². The molecule has 0 aliphatic carbocycles. The van der Waals surface area contributed by atoms with E-state index in [1.807, 2.05) is 6.92 Å². The van der Waals surface area contributed by atoms with Crippen LogP contribution < -0.4 is 20.9 Å². The topological polar surface area (TPSA) is 115 Å². The molecule has 2 amide bonds. The van der Waals surface area contributed by atoms with Crippen LogP contribution in [0.25, 0.3) is 16.7 Å². The van der Waals surface area contributed by atoms with Gasteiger partial charge < -0.3 is 15.4 Å². The molecule has 3 aromatic heterocycles. The minimum Gasteiger partial charge on any atom is -0.457 e. The van der Waals surface area contributed by atoms with Crippen molar-refractivity contribution in [2.75, 3.05) is 11.9 Å². The average Bonchev–Trinajstić information content (AvgIpc) is 3.00. The van der Waals surface area contributed by atoms with Gasteiger partial charge in [0.25, 0.3) is 17.4 Å². The fraction of sp³-hybridized carbons (Fsp3) is 0.129. The lowest BCUT2D eigenvalue weighted by molar-refractivity contribution is -0.137. The summed E-state index contributed by atoms with van der Waals surface area (Å²) in [6, 6.07) is 16.5. The highest BCUT2D eigenvalue weighted by molar-refractivity contribution is 6.32. The Labute approximate surface area is 253 Å². The number of hydrogen-bond acceptors (Lipinski definition) is 6. The Hall–Kier alpha value is -5.23. The lowest BCUT2D eigenvalue weighted by atomic mass is 10.1. The zero-order valence-corrected chi connectivity index (χ0v) is 23.7. The van der Waals surface area contributed by atoms with Crippen LogP contribution in [0, 0.1) is 0 Å². The molecule has 2 N–H and O–H groups in total. The molecular weight excluding hydrogens is 599 g/mol. The molecule has 0 aliphatic rings. The zero-order chi connectivity index (χ0) is 31.4. The van der Waals surface area contributed by atoms with Gasteiger partial charge in [-0.25, -0.2) is 4.98 Å². The second-order valence-corrected chi connectivity index (χ2v) is 9.90. The van der Waals surface area contributed by atoms with Gasteiger partial charge in [0.2, 0.25) is 0 Å². The molecule has 13 heteroatoms. The van der Waals surface area contributed by atoms with Crippen LogP contribution in [0.5, 0.6) is 11.5 Å². The van der Waals surface area contributed by atoms with E-state index >= 15 is 0 Å². The Morgan fingerprint density at radius 3 is 2.41 bits per heavy atom. The van der Waals surface area contributed by atoms with E-state index in [4.69, 9.17) is 16.3 Å². The second kappa shape index (κ2) is 12.6. The maximum absolute atomic E-state index is 13.6.